The Bertz CT molecular complexity index is 686. The van der Waals surface area contributed by atoms with Crippen LogP contribution < -0.4 is 5.32 Å². The van der Waals surface area contributed by atoms with Crippen molar-refractivity contribution >= 4 is 23.2 Å². The lowest BCUT2D eigenvalue weighted by Crippen LogP contribution is -2.32. The van der Waals surface area contributed by atoms with Gasteiger partial charge < -0.3 is 4.90 Å². The number of hydrogen-bond acceptors (Lipinski definition) is 4. The van der Waals surface area contributed by atoms with Crippen molar-refractivity contribution in [1.82, 2.24) is 19.7 Å². The number of rotatable bonds is 4. The first-order valence-electron chi connectivity index (χ1n) is 8.02. The SMILES string of the molecule is Cc1csc(CN(C)C(=O)Nc2cc(C)nn2C2CCCC2)n1. The van der Waals surface area contributed by atoms with Crippen LogP contribution >= 0.6 is 11.3 Å². The third-order valence-corrected chi connectivity index (χ3v) is 5.10. The average Bonchev–Trinajstić information content (AvgIpc) is 3.21. The lowest BCUT2D eigenvalue weighted by molar-refractivity contribution is 0.220. The fourth-order valence-electron chi connectivity index (χ4n) is 2.99. The van der Waals surface area contributed by atoms with Crippen LogP contribution in [0.5, 0.6) is 0 Å². The number of amides is 2. The summed E-state index contributed by atoms with van der Waals surface area (Å²) in [5.74, 6) is 0.793. The molecule has 0 atom stereocenters. The van der Waals surface area contributed by atoms with Gasteiger partial charge >= 0.3 is 6.03 Å². The van der Waals surface area contributed by atoms with Gasteiger partial charge in [0.15, 0.2) is 0 Å². The van der Waals surface area contributed by atoms with Crippen LogP contribution in [0.25, 0.3) is 0 Å². The molecule has 0 radical (unpaired) electrons. The standard InChI is InChI=1S/C16H23N5OS/c1-11-8-14(21(19-11)13-6-4-5-7-13)18-16(22)20(3)9-15-17-12(2)10-23-15/h8,10,13H,4-7,9H2,1-3H3,(H,18,22). The lowest BCUT2D eigenvalue weighted by atomic mass is 10.2. The van der Waals surface area contributed by atoms with Gasteiger partial charge in [-0.2, -0.15) is 5.10 Å². The van der Waals surface area contributed by atoms with E-state index in [1.807, 2.05) is 30.0 Å². The Morgan fingerprint density at radius 1 is 1.39 bits per heavy atom. The van der Waals surface area contributed by atoms with Crippen molar-refractivity contribution < 1.29 is 4.79 Å². The number of anilines is 1. The third kappa shape index (κ3) is 3.72. The van der Waals surface area contributed by atoms with E-state index in [9.17, 15) is 4.79 Å². The molecule has 1 aliphatic rings. The van der Waals surface area contributed by atoms with E-state index < -0.39 is 0 Å². The minimum Gasteiger partial charge on any atom is -0.321 e. The van der Waals surface area contributed by atoms with Crippen molar-refractivity contribution in [1.29, 1.82) is 0 Å². The highest BCUT2D eigenvalue weighted by atomic mass is 32.1. The molecule has 0 saturated heterocycles. The molecule has 2 amide bonds. The van der Waals surface area contributed by atoms with Gasteiger partial charge in [-0.3, -0.25) is 5.32 Å². The molecule has 2 aromatic rings. The molecule has 7 heteroatoms. The smallest absolute Gasteiger partial charge is 0.321 e. The summed E-state index contributed by atoms with van der Waals surface area (Å²) < 4.78 is 1.99. The molecule has 1 saturated carbocycles. The van der Waals surface area contributed by atoms with Crippen molar-refractivity contribution in [2.24, 2.45) is 0 Å². The normalized spacial score (nSPS) is 15.1. The monoisotopic (exact) mass is 333 g/mol. The highest BCUT2D eigenvalue weighted by Crippen LogP contribution is 2.31. The zero-order valence-electron chi connectivity index (χ0n) is 13.9. The lowest BCUT2D eigenvalue weighted by Gasteiger charge is -2.19. The van der Waals surface area contributed by atoms with E-state index in [4.69, 9.17) is 0 Å². The van der Waals surface area contributed by atoms with Crippen molar-refractivity contribution in [2.45, 2.75) is 52.1 Å². The minimum absolute atomic E-state index is 0.128. The molecule has 2 aromatic heterocycles. The highest BCUT2D eigenvalue weighted by Gasteiger charge is 2.22. The van der Waals surface area contributed by atoms with E-state index >= 15 is 0 Å². The first-order chi connectivity index (χ1) is 11.0. The van der Waals surface area contributed by atoms with Gasteiger partial charge in [0.25, 0.3) is 0 Å². The number of aromatic nitrogens is 3. The zero-order valence-corrected chi connectivity index (χ0v) is 14.7. The van der Waals surface area contributed by atoms with E-state index in [0.29, 0.717) is 12.6 Å². The molecule has 1 fully saturated rings. The van der Waals surface area contributed by atoms with Gasteiger partial charge in [-0.15, -0.1) is 11.3 Å². The average molecular weight is 333 g/mol. The van der Waals surface area contributed by atoms with E-state index in [2.05, 4.69) is 15.4 Å². The number of carbonyl (C=O) groups is 1. The molecule has 0 unspecified atom stereocenters. The fourth-order valence-corrected chi connectivity index (χ4v) is 3.82. The molecule has 0 spiro atoms. The predicted molar refractivity (Wildman–Crippen MR) is 91.8 cm³/mol. The largest absolute Gasteiger partial charge is 0.323 e. The molecule has 6 nitrogen and oxygen atoms in total. The van der Waals surface area contributed by atoms with Gasteiger partial charge in [-0.25, -0.2) is 14.5 Å². The second kappa shape index (κ2) is 6.70. The number of nitrogens with zero attached hydrogens (tertiary/aromatic N) is 4. The van der Waals surface area contributed by atoms with Crippen LogP contribution in [-0.2, 0) is 6.54 Å². The topological polar surface area (TPSA) is 63.1 Å². The maximum absolute atomic E-state index is 12.5. The molecule has 124 valence electrons. The first kappa shape index (κ1) is 16.0. The van der Waals surface area contributed by atoms with Crippen molar-refractivity contribution in [3.63, 3.8) is 0 Å². The van der Waals surface area contributed by atoms with Gasteiger partial charge in [-0.05, 0) is 26.7 Å². The molecule has 2 heterocycles. The zero-order chi connectivity index (χ0) is 16.4. The van der Waals surface area contributed by atoms with Gasteiger partial charge in [0.05, 0.1) is 18.3 Å². The summed E-state index contributed by atoms with van der Waals surface area (Å²) in [5.41, 5.74) is 1.93. The van der Waals surface area contributed by atoms with E-state index in [1.165, 1.54) is 12.8 Å². The number of thiazole rings is 1. The van der Waals surface area contributed by atoms with Crippen LogP contribution in [0.2, 0.25) is 0 Å². The number of carbonyl (C=O) groups excluding carboxylic acids is 1. The molecule has 0 aromatic carbocycles. The van der Waals surface area contributed by atoms with Gasteiger partial charge in [0.1, 0.15) is 10.8 Å². The third-order valence-electron chi connectivity index (χ3n) is 4.15. The molecule has 1 aliphatic carbocycles. The summed E-state index contributed by atoms with van der Waals surface area (Å²) in [6.07, 6.45) is 4.75. The summed E-state index contributed by atoms with van der Waals surface area (Å²) in [6.45, 7) is 4.44. The van der Waals surface area contributed by atoms with E-state index in [0.717, 1.165) is 35.1 Å². The van der Waals surface area contributed by atoms with Crippen molar-refractivity contribution in [3.05, 3.63) is 27.8 Å². The van der Waals surface area contributed by atoms with Crippen LogP contribution in [0, 0.1) is 13.8 Å². The van der Waals surface area contributed by atoms with Crippen LogP contribution in [0.3, 0.4) is 0 Å². The van der Waals surface area contributed by atoms with Crippen molar-refractivity contribution in [2.75, 3.05) is 12.4 Å². The number of aryl methyl sites for hydroxylation is 2. The molecule has 0 bridgehead atoms. The molecule has 3 rings (SSSR count). The minimum atomic E-state index is -0.128. The highest BCUT2D eigenvalue weighted by molar-refractivity contribution is 7.09. The Morgan fingerprint density at radius 2 is 2.13 bits per heavy atom. The second-order valence-corrected chi connectivity index (χ2v) is 7.17. The quantitative estimate of drug-likeness (QED) is 0.927. The summed E-state index contributed by atoms with van der Waals surface area (Å²) in [5, 5.41) is 10.5. The Labute approximate surface area is 140 Å². The Balaban J connectivity index is 1.67. The summed E-state index contributed by atoms with van der Waals surface area (Å²) in [7, 11) is 1.79. The van der Waals surface area contributed by atoms with E-state index in [-0.39, 0.29) is 6.03 Å². The Morgan fingerprint density at radius 3 is 2.78 bits per heavy atom. The fraction of sp³-hybridized carbons (Fsp3) is 0.562. The van der Waals surface area contributed by atoms with Gasteiger partial charge in [0, 0.05) is 24.2 Å². The molecular formula is C16H23N5OS. The predicted octanol–water partition coefficient (Wildman–Crippen LogP) is 3.74. The number of hydrogen-bond donors (Lipinski definition) is 1. The van der Waals surface area contributed by atoms with Crippen LogP contribution in [0.1, 0.15) is 48.1 Å². The number of urea groups is 1. The van der Waals surface area contributed by atoms with Crippen LogP contribution in [-0.4, -0.2) is 32.7 Å². The van der Waals surface area contributed by atoms with Crippen LogP contribution in [0.4, 0.5) is 10.6 Å². The van der Waals surface area contributed by atoms with Crippen LogP contribution in [0.15, 0.2) is 11.4 Å². The molecule has 0 aliphatic heterocycles. The van der Waals surface area contributed by atoms with Gasteiger partial charge in [0.2, 0.25) is 0 Å². The Kier molecular flexibility index (Phi) is 4.66. The van der Waals surface area contributed by atoms with Crippen molar-refractivity contribution in [3.8, 4) is 0 Å². The van der Waals surface area contributed by atoms with E-state index in [1.54, 1.807) is 23.3 Å². The second-order valence-electron chi connectivity index (χ2n) is 6.22. The first-order valence-corrected chi connectivity index (χ1v) is 8.90. The maximum atomic E-state index is 12.5. The molecular weight excluding hydrogens is 310 g/mol. The number of nitrogens with one attached hydrogen (secondary N) is 1. The summed E-state index contributed by atoms with van der Waals surface area (Å²) >= 11 is 1.58. The molecule has 1 N–H and O–H groups in total. The van der Waals surface area contributed by atoms with Gasteiger partial charge in [-0.1, -0.05) is 12.8 Å². The summed E-state index contributed by atoms with van der Waals surface area (Å²) in [4.78, 5) is 18.5. The molecule has 23 heavy (non-hydrogen) atoms. The maximum Gasteiger partial charge on any atom is 0.323 e. The Hall–Kier alpha value is -1.89. The summed E-state index contributed by atoms with van der Waals surface area (Å²) in [6, 6.07) is 2.22.